The van der Waals surface area contributed by atoms with Crippen LogP contribution < -0.4 is 5.32 Å². The van der Waals surface area contributed by atoms with Crippen LogP contribution in [0.25, 0.3) is 0 Å². The Kier molecular flexibility index (Phi) is 5.04. The van der Waals surface area contributed by atoms with E-state index in [1.807, 2.05) is 7.05 Å². The molecule has 1 amide bonds. The van der Waals surface area contributed by atoms with Gasteiger partial charge in [-0.15, -0.1) is 0 Å². The number of carbonyl (C=O) groups excluding carboxylic acids is 1. The molecule has 1 saturated carbocycles. The molecule has 2 aliphatic rings. The molecule has 104 valence electrons. The Hall–Kier alpha value is -0.570. The summed E-state index contributed by atoms with van der Waals surface area (Å²) in [5, 5.41) is 3.22. The van der Waals surface area contributed by atoms with E-state index in [9.17, 15) is 4.79 Å². The summed E-state index contributed by atoms with van der Waals surface area (Å²) >= 11 is 0. The van der Waals surface area contributed by atoms with Gasteiger partial charge < -0.3 is 10.2 Å². The molecule has 1 heterocycles. The van der Waals surface area contributed by atoms with Crippen LogP contribution in [-0.4, -0.2) is 37.5 Å². The summed E-state index contributed by atoms with van der Waals surface area (Å²) in [6, 6.07) is 0. The van der Waals surface area contributed by atoms with Crippen molar-refractivity contribution in [1.29, 1.82) is 0 Å². The molecule has 0 spiro atoms. The summed E-state index contributed by atoms with van der Waals surface area (Å²) in [6.07, 6.45) is 7.19. The second kappa shape index (κ2) is 6.55. The van der Waals surface area contributed by atoms with E-state index in [0.29, 0.717) is 17.7 Å². The highest BCUT2D eigenvalue weighted by Crippen LogP contribution is 2.31. The van der Waals surface area contributed by atoms with E-state index in [1.165, 1.54) is 32.1 Å². The van der Waals surface area contributed by atoms with Crippen LogP contribution in [0.4, 0.5) is 0 Å². The van der Waals surface area contributed by atoms with Crippen molar-refractivity contribution in [3.05, 3.63) is 0 Å². The molecule has 2 fully saturated rings. The van der Waals surface area contributed by atoms with Gasteiger partial charge in [-0.05, 0) is 50.6 Å². The molecule has 0 radical (unpaired) electrons. The van der Waals surface area contributed by atoms with Crippen molar-refractivity contribution in [2.45, 2.75) is 45.4 Å². The number of rotatable bonds is 4. The van der Waals surface area contributed by atoms with Gasteiger partial charge in [0.15, 0.2) is 0 Å². The summed E-state index contributed by atoms with van der Waals surface area (Å²) in [5.41, 5.74) is 0. The predicted molar refractivity (Wildman–Crippen MR) is 74.4 cm³/mol. The highest BCUT2D eigenvalue weighted by molar-refractivity contribution is 5.76. The SMILES string of the molecule is CNCC1CCN(C(=O)CC2CCCC(C)C2)C1. The Bertz CT molecular complexity index is 280. The number of amides is 1. The molecule has 3 heteroatoms. The van der Waals surface area contributed by atoms with Crippen LogP contribution in [0.1, 0.15) is 45.4 Å². The van der Waals surface area contributed by atoms with Gasteiger partial charge in [-0.2, -0.15) is 0 Å². The first-order valence-corrected chi connectivity index (χ1v) is 7.61. The monoisotopic (exact) mass is 252 g/mol. The molecule has 3 nitrogen and oxygen atoms in total. The zero-order valence-electron chi connectivity index (χ0n) is 12.0. The summed E-state index contributed by atoms with van der Waals surface area (Å²) in [5.74, 6) is 2.56. The molecule has 0 aromatic carbocycles. The zero-order valence-corrected chi connectivity index (χ0v) is 12.0. The molecule has 3 atom stereocenters. The number of hydrogen-bond acceptors (Lipinski definition) is 2. The number of nitrogens with zero attached hydrogens (tertiary/aromatic N) is 1. The lowest BCUT2D eigenvalue weighted by Gasteiger charge is -2.28. The fraction of sp³-hybridized carbons (Fsp3) is 0.933. The maximum atomic E-state index is 12.3. The molecular formula is C15H28N2O. The van der Waals surface area contributed by atoms with Crippen LogP contribution in [0.5, 0.6) is 0 Å². The lowest BCUT2D eigenvalue weighted by Crippen LogP contribution is -2.32. The van der Waals surface area contributed by atoms with Gasteiger partial charge in [0.05, 0.1) is 0 Å². The topological polar surface area (TPSA) is 32.3 Å². The summed E-state index contributed by atoms with van der Waals surface area (Å²) in [7, 11) is 1.99. The third-order valence-electron chi connectivity index (χ3n) is 4.64. The van der Waals surface area contributed by atoms with Crippen LogP contribution in [0.3, 0.4) is 0 Å². The molecule has 0 bridgehead atoms. The highest BCUT2D eigenvalue weighted by Gasteiger charge is 2.28. The van der Waals surface area contributed by atoms with Crippen molar-refractivity contribution < 1.29 is 4.79 Å². The Morgan fingerprint density at radius 3 is 2.83 bits per heavy atom. The molecule has 0 aromatic heterocycles. The van der Waals surface area contributed by atoms with Crippen LogP contribution in [0, 0.1) is 17.8 Å². The first-order valence-electron chi connectivity index (χ1n) is 7.61. The van der Waals surface area contributed by atoms with Crippen molar-refractivity contribution >= 4 is 5.91 Å². The van der Waals surface area contributed by atoms with Crippen LogP contribution in [-0.2, 0) is 4.79 Å². The molecule has 2 rings (SSSR count). The van der Waals surface area contributed by atoms with Crippen LogP contribution in [0.2, 0.25) is 0 Å². The van der Waals surface area contributed by atoms with Crippen LogP contribution >= 0.6 is 0 Å². The third kappa shape index (κ3) is 3.71. The van der Waals surface area contributed by atoms with Crippen molar-refractivity contribution in [3.63, 3.8) is 0 Å². The molecule has 1 N–H and O–H groups in total. The average Bonchev–Trinajstić information content (AvgIpc) is 2.78. The van der Waals surface area contributed by atoms with E-state index in [2.05, 4.69) is 17.1 Å². The Labute approximate surface area is 111 Å². The molecule has 3 unspecified atom stereocenters. The van der Waals surface area contributed by atoms with Crippen molar-refractivity contribution in [1.82, 2.24) is 10.2 Å². The zero-order chi connectivity index (χ0) is 13.0. The first-order chi connectivity index (χ1) is 8.69. The van der Waals surface area contributed by atoms with Gasteiger partial charge in [0.2, 0.25) is 5.91 Å². The lowest BCUT2D eigenvalue weighted by molar-refractivity contribution is -0.131. The Morgan fingerprint density at radius 2 is 2.11 bits per heavy atom. The van der Waals surface area contributed by atoms with E-state index >= 15 is 0 Å². The third-order valence-corrected chi connectivity index (χ3v) is 4.64. The second-order valence-corrected chi connectivity index (χ2v) is 6.39. The molecule has 0 aromatic rings. The number of nitrogens with one attached hydrogen (secondary N) is 1. The molecule has 18 heavy (non-hydrogen) atoms. The largest absolute Gasteiger partial charge is 0.342 e. The molecular weight excluding hydrogens is 224 g/mol. The van der Waals surface area contributed by atoms with Gasteiger partial charge in [-0.1, -0.05) is 19.8 Å². The van der Waals surface area contributed by atoms with Crippen molar-refractivity contribution in [2.75, 3.05) is 26.7 Å². The molecule has 1 aliphatic carbocycles. The minimum absolute atomic E-state index is 0.410. The van der Waals surface area contributed by atoms with Crippen molar-refractivity contribution in [2.24, 2.45) is 17.8 Å². The van der Waals surface area contributed by atoms with Crippen LogP contribution in [0.15, 0.2) is 0 Å². The summed E-state index contributed by atoms with van der Waals surface area (Å²) in [4.78, 5) is 14.4. The summed E-state index contributed by atoms with van der Waals surface area (Å²) < 4.78 is 0. The normalized spacial score (nSPS) is 32.8. The maximum Gasteiger partial charge on any atom is 0.222 e. The Balaban J connectivity index is 1.74. The average molecular weight is 252 g/mol. The van der Waals surface area contributed by atoms with E-state index in [4.69, 9.17) is 0 Å². The quantitative estimate of drug-likeness (QED) is 0.832. The van der Waals surface area contributed by atoms with Gasteiger partial charge in [-0.3, -0.25) is 4.79 Å². The van der Waals surface area contributed by atoms with E-state index in [0.717, 1.165) is 32.0 Å². The fourth-order valence-electron chi connectivity index (χ4n) is 3.64. The number of carbonyl (C=O) groups is 1. The van der Waals surface area contributed by atoms with Gasteiger partial charge in [-0.25, -0.2) is 0 Å². The Morgan fingerprint density at radius 1 is 1.28 bits per heavy atom. The van der Waals surface area contributed by atoms with E-state index < -0.39 is 0 Å². The van der Waals surface area contributed by atoms with E-state index in [-0.39, 0.29) is 0 Å². The number of hydrogen-bond donors (Lipinski definition) is 1. The molecule has 1 saturated heterocycles. The molecule has 1 aliphatic heterocycles. The minimum Gasteiger partial charge on any atom is -0.342 e. The highest BCUT2D eigenvalue weighted by atomic mass is 16.2. The van der Waals surface area contributed by atoms with Crippen molar-refractivity contribution in [3.8, 4) is 0 Å². The van der Waals surface area contributed by atoms with Gasteiger partial charge in [0.1, 0.15) is 0 Å². The van der Waals surface area contributed by atoms with Gasteiger partial charge in [0.25, 0.3) is 0 Å². The van der Waals surface area contributed by atoms with Gasteiger partial charge in [0, 0.05) is 19.5 Å². The summed E-state index contributed by atoms with van der Waals surface area (Å²) in [6.45, 7) is 5.33. The standard InChI is InChI=1S/C15H28N2O/c1-12-4-3-5-13(8-12)9-15(18)17-7-6-14(11-17)10-16-2/h12-14,16H,3-11H2,1-2H3. The predicted octanol–water partition coefficient (Wildman–Crippen LogP) is 2.27. The maximum absolute atomic E-state index is 12.3. The lowest BCUT2D eigenvalue weighted by atomic mass is 9.80. The number of likely N-dealkylation sites (tertiary alicyclic amines) is 1. The fourth-order valence-corrected chi connectivity index (χ4v) is 3.64. The van der Waals surface area contributed by atoms with E-state index in [1.54, 1.807) is 0 Å². The minimum atomic E-state index is 0.410. The van der Waals surface area contributed by atoms with Gasteiger partial charge >= 0.3 is 0 Å². The first kappa shape index (κ1) is 13.9. The smallest absolute Gasteiger partial charge is 0.222 e. The second-order valence-electron chi connectivity index (χ2n) is 6.39.